The second kappa shape index (κ2) is 9.22. The van der Waals surface area contributed by atoms with Crippen LogP contribution in [0.2, 0.25) is 5.02 Å². The number of imidazole rings is 1. The molecule has 196 valence electrons. The van der Waals surface area contributed by atoms with E-state index in [9.17, 15) is 9.90 Å². The van der Waals surface area contributed by atoms with Crippen LogP contribution in [-0.4, -0.2) is 45.2 Å². The van der Waals surface area contributed by atoms with E-state index in [2.05, 4.69) is 25.3 Å². The Morgan fingerprint density at radius 2 is 1.74 bits per heavy atom. The van der Waals surface area contributed by atoms with Gasteiger partial charge in [0.25, 0.3) is 5.91 Å². The van der Waals surface area contributed by atoms with Crippen LogP contribution in [0.1, 0.15) is 21.5 Å². The maximum absolute atomic E-state index is 15.2. The molecule has 0 saturated carbocycles. The molecular formula is C27H20ClFN6O4. The van der Waals surface area contributed by atoms with E-state index < -0.39 is 17.4 Å². The molecule has 0 bridgehead atoms. The number of aliphatic hydroxyl groups is 1. The fourth-order valence-electron chi connectivity index (χ4n) is 4.65. The highest BCUT2D eigenvalue weighted by Crippen LogP contribution is 2.46. The largest absolute Gasteiger partial charge is 0.481 e. The monoisotopic (exact) mass is 546 g/mol. The summed E-state index contributed by atoms with van der Waals surface area (Å²) in [5.41, 5.74) is -0.264. The number of hydrogen-bond donors (Lipinski definition) is 3. The van der Waals surface area contributed by atoms with Crippen molar-refractivity contribution in [3.63, 3.8) is 0 Å². The highest BCUT2D eigenvalue weighted by atomic mass is 35.5. The molecule has 3 heterocycles. The molecule has 6 rings (SSSR count). The lowest BCUT2D eigenvalue weighted by atomic mass is 9.93. The summed E-state index contributed by atoms with van der Waals surface area (Å²) in [6.07, 6.45) is 0. The number of methoxy groups -OCH3 is 2. The summed E-state index contributed by atoms with van der Waals surface area (Å²) in [6.45, 7) is 0. The Balaban J connectivity index is 1.45. The van der Waals surface area contributed by atoms with Crippen molar-refractivity contribution in [3.05, 3.63) is 94.3 Å². The van der Waals surface area contributed by atoms with E-state index in [1.165, 1.54) is 38.5 Å². The lowest BCUT2D eigenvalue weighted by molar-refractivity contribution is 0.0699. The second-order valence-electron chi connectivity index (χ2n) is 8.65. The van der Waals surface area contributed by atoms with Gasteiger partial charge in [0.05, 0.1) is 42.0 Å². The summed E-state index contributed by atoms with van der Waals surface area (Å²) in [5.74, 6) is -0.305. The number of aromatic amines is 1. The van der Waals surface area contributed by atoms with Crippen molar-refractivity contribution in [2.75, 3.05) is 24.4 Å². The fourth-order valence-corrected chi connectivity index (χ4v) is 4.82. The molecule has 10 nitrogen and oxygen atoms in total. The number of benzene rings is 3. The van der Waals surface area contributed by atoms with Gasteiger partial charge in [-0.05, 0) is 30.3 Å². The van der Waals surface area contributed by atoms with Gasteiger partial charge in [0.1, 0.15) is 0 Å². The molecule has 2 aromatic heterocycles. The van der Waals surface area contributed by atoms with Crippen molar-refractivity contribution >= 4 is 46.1 Å². The van der Waals surface area contributed by atoms with Crippen molar-refractivity contribution in [3.8, 4) is 11.8 Å². The fraction of sp³-hybridized carbons (Fsp3) is 0.111. The number of anilines is 3. The topological polar surface area (TPSA) is 125 Å². The van der Waals surface area contributed by atoms with E-state index >= 15 is 4.39 Å². The lowest BCUT2D eigenvalue weighted by Crippen LogP contribution is -2.45. The number of fused-ring (bicyclic) bond motifs is 2. The molecule has 0 fully saturated rings. The first kappa shape index (κ1) is 24.6. The zero-order valence-electron chi connectivity index (χ0n) is 20.6. The van der Waals surface area contributed by atoms with Crippen molar-refractivity contribution in [1.82, 2.24) is 19.9 Å². The van der Waals surface area contributed by atoms with E-state index in [0.29, 0.717) is 39.9 Å². The van der Waals surface area contributed by atoms with E-state index in [0.717, 1.165) is 4.90 Å². The summed E-state index contributed by atoms with van der Waals surface area (Å²) in [7, 11) is 2.95. The SMILES string of the molecule is COc1cc(OC)nc(Nc2nc3cc(C4(O)c5ccccc5C(=O)N4c4cccc(Cl)c4F)ccc3[nH]2)n1. The first-order valence-corrected chi connectivity index (χ1v) is 12.1. The number of aromatic nitrogens is 4. The van der Waals surface area contributed by atoms with Crippen LogP contribution in [-0.2, 0) is 5.72 Å². The third-order valence-corrected chi connectivity index (χ3v) is 6.74. The number of hydrogen-bond acceptors (Lipinski definition) is 8. The summed E-state index contributed by atoms with van der Waals surface area (Å²) >= 11 is 6.03. The number of nitrogens with zero attached hydrogens (tertiary/aromatic N) is 4. The molecule has 12 heteroatoms. The Labute approximate surface area is 226 Å². The highest BCUT2D eigenvalue weighted by Gasteiger charge is 2.51. The van der Waals surface area contributed by atoms with Gasteiger partial charge in [0.15, 0.2) is 11.5 Å². The quantitative estimate of drug-likeness (QED) is 0.278. The number of H-pyrrole nitrogens is 1. The van der Waals surface area contributed by atoms with Gasteiger partial charge in [-0.2, -0.15) is 9.97 Å². The van der Waals surface area contributed by atoms with Crippen LogP contribution in [0.5, 0.6) is 11.8 Å². The average molecular weight is 547 g/mol. The zero-order valence-corrected chi connectivity index (χ0v) is 21.3. The van der Waals surface area contributed by atoms with Crippen LogP contribution < -0.4 is 19.7 Å². The molecule has 1 aliphatic heterocycles. The summed E-state index contributed by atoms with van der Waals surface area (Å²) in [4.78, 5) is 30.7. The smallest absolute Gasteiger partial charge is 0.261 e. The molecular weight excluding hydrogens is 527 g/mol. The van der Waals surface area contributed by atoms with Crippen LogP contribution in [0.3, 0.4) is 0 Å². The number of rotatable bonds is 6. The van der Waals surface area contributed by atoms with Crippen LogP contribution in [0, 0.1) is 5.82 Å². The number of halogens is 2. The third kappa shape index (κ3) is 3.90. The molecule has 0 spiro atoms. The van der Waals surface area contributed by atoms with Gasteiger partial charge in [-0.3, -0.25) is 15.0 Å². The number of carbonyl (C=O) groups excluding carboxylic acids is 1. The molecule has 5 aromatic rings. The molecule has 3 aromatic carbocycles. The van der Waals surface area contributed by atoms with Crippen molar-refractivity contribution in [2.24, 2.45) is 0 Å². The first-order valence-electron chi connectivity index (χ1n) is 11.7. The molecule has 1 atom stereocenters. The minimum absolute atomic E-state index is 0.153. The van der Waals surface area contributed by atoms with E-state index in [4.69, 9.17) is 21.1 Å². The zero-order chi connectivity index (χ0) is 27.3. The van der Waals surface area contributed by atoms with Crippen LogP contribution in [0.25, 0.3) is 11.0 Å². The summed E-state index contributed by atoms with van der Waals surface area (Å²) < 4.78 is 25.5. The molecule has 39 heavy (non-hydrogen) atoms. The van der Waals surface area contributed by atoms with Gasteiger partial charge in [0, 0.05) is 16.7 Å². The van der Waals surface area contributed by atoms with E-state index in [1.54, 1.807) is 42.5 Å². The van der Waals surface area contributed by atoms with Crippen molar-refractivity contribution in [1.29, 1.82) is 0 Å². The van der Waals surface area contributed by atoms with Crippen molar-refractivity contribution < 1.29 is 23.8 Å². The Kier molecular flexibility index (Phi) is 5.82. The van der Waals surface area contributed by atoms with Crippen LogP contribution >= 0.6 is 11.6 Å². The van der Waals surface area contributed by atoms with Gasteiger partial charge >= 0.3 is 0 Å². The molecule has 0 aliphatic carbocycles. The van der Waals surface area contributed by atoms with Gasteiger partial charge in [-0.15, -0.1) is 0 Å². The summed E-state index contributed by atoms with van der Waals surface area (Å²) in [6, 6.07) is 17.4. The van der Waals surface area contributed by atoms with Crippen molar-refractivity contribution in [2.45, 2.75) is 5.72 Å². The lowest BCUT2D eigenvalue weighted by Gasteiger charge is -2.35. The molecule has 0 radical (unpaired) electrons. The van der Waals surface area contributed by atoms with E-state index in [1.807, 2.05) is 0 Å². The molecule has 0 saturated heterocycles. The number of ether oxygens (including phenoxy) is 2. The van der Waals surface area contributed by atoms with Crippen LogP contribution in [0.4, 0.5) is 22.0 Å². The minimum atomic E-state index is -2.04. The Morgan fingerprint density at radius 1 is 1.00 bits per heavy atom. The second-order valence-corrected chi connectivity index (χ2v) is 9.06. The molecule has 1 unspecified atom stereocenters. The molecule has 1 aliphatic rings. The number of carbonyl (C=O) groups is 1. The van der Waals surface area contributed by atoms with Gasteiger partial charge in [-0.1, -0.05) is 41.9 Å². The Bertz CT molecular complexity index is 1740. The predicted octanol–water partition coefficient (Wildman–Crippen LogP) is 4.76. The Morgan fingerprint density at radius 3 is 2.49 bits per heavy atom. The van der Waals surface area contributed by atoms with Gasteiger partial charge < -0.3 is 19.6 Å². The molecule has 3 N–H and O–H groups in total. The van der Waals surface area contributed by atoms with Gasteiger partial charge in [-0.25, -0.2) is 9.37 Å². The van der Waals surface area contributed by atoms with Crippen LogP contribution in [0.15, 0.2) is 66.7 Å². The summed E-state index contributed by atoms with van der Waals surface area (Å²) in [5, 5.41) is 15.0. The first-order chi connectivity index (χ1) is 18.8. The standard InChI is InChI=1S/C27H20ClFN6O4/c1-38-21-13-22(39-2)33-26(32-21)34-25-30-18-11-10-14(12-19(18)31-25)27(37)16-7-4-3-6-15(16)24(36)35(27)20-9-5-8-17(28)23(20)29/h3-13,37H,1-2H3,(H2,30,31,32,33,34). The number of amides is 1. The maximum atomic E-state index is 15.2. The average Bonchev–Trinajstić information content (AvgIpc) is 3.45. The van der Waals surface area contributed by atoms with E-state index in [-0.39, 0.29) is 22.2 Å². The van der Waals surface area contributed by atoms with Gasteiger partial charge in [0.2, 0.25) is 23.7 Å². The highest BCUT2D eigenvalue weighted by molar-refractivity contribution is 6.31. The Hall–Kier alpha value is -4.74. The maximum Gasteiger partial charge on any atom is 0.261 e. The number of nitrogens with one attached hydrogen (secondary N) is 2. The molecule has 1 amide bonds. The minimum Gasteiger partial charge on any atom is -0.481 e. The third-order valence-electron chi connectivity index (χ3n) is 6.45. The normalized spacial score (nSPS) is 16.4. The predicted molar refractivity (Wildman–Crippen MR) is 142 cm³/mol.